The van der Waals surface area contributed by atoms with E-state index in [0.717, 1.165) is 25.2 Å². The first-order chi connectivity index (χ1) is 7.35. The molecule has 88 valence electrons. The van der Waals surface area contributed by atoms with E-state index in [1.54, 1.807) is 0 Å². The van der Waals surface area contributed by atoms with E-state index in [-0.39, 0.29) is 0 Å². The molecule has 0 bridgehead atoms. The standard InChI is InChI=1S/C15H28/c1-4-7-9-10-12-14-15(6-3)13-11-8-5-2/h9-10,15H,1-2,4-8,11-14H2,3H3. The molecule has 0 aliphatic rings. The molecule has 0 fully saturated rings. The van der Waals surface area contributed by atoms with Crippen LogP contribution < -0.4 is 0 Å². The minimum Gasteiger partial charge on any atom is -0.0885 e. The van der Waals surface area contributed by atoms with E-state index in [4.69, 9.17) is 0 Å². The average Bonchev–Trinajstić information content (AvgIpc) is 2.26. The molecular weight excluding hydrogens is 180 g/mol. The van der Waals surface area contributed by atoms with Crippen molar-refractivity contribution in [1.29, 1.82) is 0 Å². The highest BCUT2D eigenvalue weighted by molar-refractivity contribution is 4.82. The number of allylic oxidation sites excluding steroid dienone is 2. The number of hydrogen-bond acceptors (Lipinski definition) is 0. The van der Waals surface area contributed by atoms with Crippen LogP contribution in [0.3, 0.4) is 0 Å². The van der Waals surface area contributed by atoms with Crippen LogP contribution in [0.25, 0.3) is 0 Å². The lowest BCUT2D eigenvalue weighted by Gasteiger charge is -2.12. The second-order valence-electron chi connectivity index (χ2n) is 4.31. The molecule has 0 amide bonds. The maximum Gasteiger partial charge on any atom is -0.0348 e. The van der Waals surface area contributed by atoms with Crippen LogP contribution in [0.15, 0.2) is 12.2 Å². The summed E-state index contributed by atoms with van der Waals surface area (Å²) in [6, 6.07) is 0. The molecule has 0 aliphatic heterocycles. The molecule has 0 rings (SSSR count). The Kier molecular flexibility index (Phi) is 11.6. The summed E-state index contributed by atoms with van der Waals surface area (Å²) in [4.78, 5) is 0. The van der Waals surface area contributed by atoms with Crippen LogP contribution >= 0.6 is 0 Å². The van der Waals surface area contributed by atoms with Gasteiger partial charge in [-0.2, -0.15) is 0 Å². The molecule has 0 spiro atoms. The van der Waals surface area contributed by atoms with E-state index in [2.05, 4.69) is 32.9 Å². The normalized spacial score (nSPS) is 13.5. The summed E-state index contributed by atoms with van der Waals surface area (Å²) in [5, 5.41) is 0. The van der Waals surface area contributed by atoms with Gasteiger partial charge in [-0.1, -0.05) is 65.0 Å². The fourth-order valence-corrected chi connectivity index (χ4v) is 1.85. The second-order valence-corrected chi connectivity index (χ2v) is 4.31. The van der Waals surface area contributed by atoms with Gasteiger partial charge in [-0.3, -0.25) is 0 Å². The van der Waals surface area contributed by atoms with Gasteiger partial charge in [-0.25, -0.2) is 0 Å². The summed E-state index contributed by atoms with van der Waals surface area (Å²) in [6.45, 7) is 10.0. The largest absolute Gasteiger partial charge is 0.0885 e. The quantitative estimate of drug-likeness (QED) is 0.335. The van der Waals surface area contributed by atoms with Gasteiger partial charge in [0.05, 0.1) is 0 Å². The Hall–Kier alpha value is -0.260. The highest BCUT2D eigenvalue weighted by atomic mass is 14.1. The Morgan fingerprint density at radius 3 is 2.27 bits per heavy atom. The molecule has 0 heterocycles. The molecule has 0 aromatic heterocycles. The Labute approximate surface area is 97.2 Å². The lowest BCUT2D eigenvalue weighted by molar-refractivity contribution is 0.421. The van der Waals surface area contributed by atoms with Crippen molar-refractivity contribution in [2.75, 3.05) is 0 Å². The number of unbranched alkanes of at least 4 members (excludes halogenated alkanes) is 3. The van der Waals surface area contributed by atoms with E-state index in [1.807, 2.05) is 0 Å². The SMILES string of the molecule is [CH2]CCC=CCCC(CC)CCCC[CH2]. The van der Waals surface area contributed by atoms with Gasteiger partial charge in [-0.15, -0.1) is 0 Å². The summed E-state index contributed by atoms with van der Waals surface area (Å²) >= 11 is 0. The number of hydrogen-bond donors (Lipinski definition) is 0. The molecule has 2 radical (unpaired) electrons. The third kappa shape index (κ3) is 10.0. The first-order valence-corrected chi connectivity index (χ1v) is 6.58. The lowest BCUT2D eigenvalue weighted by Crippen LogP contribution is -1.98. The van der Waals surface area contributed by atoms with Crippen LogP contribution in [0.4, 0.5) is 0 Å². The molecule has 0 saturated heterocycles. The molecular formula is C15H28. The van der Waals surface area contributed by atoms with Gasteiger partial charge in [0, 0.05) is 0 Å². The van der Waals surface area contributed by atoms with E-state index >= 15 is 0 Å². The third-order valence-corrected chi connectivity index (χ3v) is 2.97. The highest BCUT2D eigenvalue weighted by Gasteiger charge is 2.03. The summed E-state index contributed by atoms with van der Waals surface area (Å²) in [7, 11) is 0. The lowest BCUT2D eigenvalue weighted by atomic mass is 9.94. The van der Waals surface area contributed by atoms with Gasteiger partial charge in [0.1, 0.15) is 0 Å². The molecule has 0 nitrogen and oxygen atoms in total. The van der Waals surface area contributed by atoms with Gasteiger partial charge >= 0.3 is 0 Å². The zero-order valence-electron chi connectivity index (χ0n) is 10.5. The van der Waals surface area contributed by atoms with E-state index in [9.17, 15) is 0 Å². The van der Waals surface area contributed by atoms with Crippen molar-refractivity contribution in [2.24, 2.45) is 5.92 Å². The van der Waals surface area contributed by atoms with Crippen molar-refractivity contribution in [2.45, 2.75) is 64.7 Å². The van der Waals surface area contributed by atoms with Crippen molar-refractivity contribution in [3.63, 3.8) is 0 Å². The van der Waals surface area contributed by atoms with Crippen molar-refractivity contribution in [1.82, 2.24) is 0 Å². The van der Waals surface area contributed by atoms with Crippen LogP contribution in [-0.4, -0.2) is 0 Å². The second kappa shape index (κ2) is 11.8. The Balaban J connectivity index is 3.43. The Bertz CT molecular complexity index is 135. The molecule has 0 aliphatic carbocycles. The van der Waals surface area contributed by atoms with Gasteiger partial charge in [0.15, 0.2) is 0 Å². The minimum atomic E-state index is 0.931. The van der Waals surface area contributed by atoms with Crippen LogP contribution in [0.5, 0.6) is 0 Å². The first kappa shape index (κ1) is 14.7. The van der Waals surface area contributed by atoms with Gasteiger partial charge in [0.2, 0.25) is 0 Å². The first-order valence-electron chi connectivity index (χ1n) is 6.58. The number of rotatable bonds is 10. The monoisotopic (exact) mass is 208 g/mol. The van der Waals surface area contributed by atoms with Gasteiger partial charge < -0.3 is 0 Å². The van der Waals surface area contributed by atoms with E-state index in [1.165, 1.54) is 38.5 Å². The fourth-order valence-electron chi connectivity index (χ4n) is 1.85. The molecule has 0 aromatic rings. The van der Waals surface area contributed by atoms with Crippen LogP contribution in [-0.2, 0) is 0 Å². The predicted molar refractivity (Wildman–Crippen MR) is 70.6 cm³/mol. The van der Waals surface area contributed by atoms with Crippen molar-refractivity contribution < 1.29 is 0 Å². The van der Waals surface area contributed by atoms with Crippen molar-refractivity contribution in [3.05, 3.63) is 26.0 Å². The molecule has 0 heteroatoms. The van der Waals surface area contributed by atoms with Crippen molar-refractivity contribution >= 4 is 0 Å². The van der Waals surface area contributed by atoms with E-state index < -0.39 is 0 Å². The zero-order chi connectivity index (χ0) is 11.4. The van der Waals surface area contributed by atoms with Crippen molar-refractivity contribution in [3.8, 4) is 0 Å². The van der Waals surface area contributed by atoms with Gasteiger partial charge in [0.25, 0.3) is 0 Å². The Morgan fingerprint density at radius 1 is 0.933 bits per heavy atom. The van der Waals surface area contributed by atoms with Crippen LogP contribution in [0.2, 0.25) is 0 Å². The zero-order valence-corrected chi connectivity index (χ0v) is 10.5. The van der Waals surface area contributed by atoms with Crippen LogP contribution in [0, 0.1) is 19.8 Å². The molecule has 0 N–H and O–H groups in total. The topological polar surface area (TPSA) is 0 Å². The van der Waals surface area contributed by atoms with E-state index in [0.29, 0.717) is 0 Å². The summed E-state index contributed by atoms with van der Waals surface area (Å²) < 4.78 is 0. The average molecular weight is 208 g/mol. The molecule has 0 aromatic carbocycles. The summed E-state index contributed by atoms with van der Waals surface area (Å²) in [6.07, 6.45) is 15.9. The summed E-state index contributed by atoms with van der Waals surface area (Å²) in [5.41, 5.74) is 0. The maximum absolute atomic E-state index is 3.89. The molecule has 1 unspecified atom stereocenters. The molecule has 1 atom stereocenters. The Morgan fingerprint density at radius 2 is 1.67 bits per heavy atom. The van der Waals surface area contributed by atoms with Gasteiger partial charge in [-0.05, 0) is 31.6 Å². The predicted octanol–water partition coefficient (Wildman–Crippen LogP) is 5.36. The highest BCUT2D eigenvalue weighted by Crippen LogP contribution is 2.19. The smallest absolute Gasteiger partial charge is 0.0348 e. The summed E-state index contributed by atoms with van der Waals surface area (Å²) in [5.74, 6) is 0.931. The van der Waals surface area contributed by atoms with Crippen LogP contribution in [0.1, 0.15) is 64.7 Å². The molecule has 0 saturated carbocycles. The minimum absolute atomic E-state index is 0.931. The maximum atomic E-state index is 3.89. The fraction of sp³-hybridized carbons (Fsp3) is 0.733. The molecule has 15 heavy (non-hydrogen) atoms. The third-order valence-electron chi connectivity index (χ3n) is 2.97.